The summed E-state index contributed by atoms with van der Waals surface area (Å²) in [4.78, 5) is 0. The summed E-state index contributed by atoms with van der Waals surface area (Å²) in [6.07, 6.45) is -4.62. The van der Waals surface area contributed by atoms with E-state index in [9.17, 15) is 13.2 Å². The molecule has 3 rings (SSSR count). The number of aromatic nitrogens is 4. The van der Waals surface area contributed by atoms with Crippen molar-refractivity contribution in [3.8, 4) is 0 Å². The van der Waals surface area contributed by atoms with Crippen LogP contribution in [0.3, 0.4) is 0 Å². The van der Waals surface area contributed by atoms with Gasteiger partial charge in [0.05, 0.1) is 0 Å². The zero-order chi connectivity index (χ0) is 18.9. The van der Waals surface area contributed by atoms with Crippen LogP contribution in [0.5, 0.6) is 0 Å². The van der Waals surface area contributed by atoms with Crippen molar-refractivity contribution in [1.29, 1.82) is 0 Å². The number of fused-ring (bicyclic) bond motifs is 1. The molecule has 0 aliphatic carbocycles. The smallest absolute Gasteiger partial charge is 0.381 e. The number of nitrogens with zero attached hydrogens (tertiary/aromatic N) is 4. The largest absolute Gasteiger partial charge is 0.453 e. The van der Waals surface area contributed by atoms with Gasteiger partial charge in [0.15, 0.2) is 5.65 Å². The van der Waals surface area contributed by atoms with Crippen molar-refractivity contribution in [3.05, 3.63) is 47.3 Å². The van der Waals surface area contributed by atoms with E-state index in [1.165, 1.54) is 0 Å². The van der Waals surface area contributed by atoms with Gasteiger partial charge in [-0.1, -0.05) is 18.2 Å². The zero-order valence-electron chi connectivity index (χ0n) is 14.6. The van der Waals surface area contributed by atoms with E-state index >= 15 is 0 Å². The fourth-order valence-electron chi connectivity index (χ4n) is 2.59. The molecular weight excluding hydrogens is 345 g/mol. The number of para-hydroxylation sites is 1. The van der Waals surface area contributed by atoms with Gasteiger partial charge in [-0.2, -0.15) is 17.7 Å². The number of aryl methyl sites for hydroxylation is 1. The number of benzene rings is 1. The van der Waals surface area contributed by atoms with Gasteiger partial charge >= 0.3 is 6.18 Å². The Bertz CT molecular complexity index is 904. The predicted molar refractivity (Wildman–Crippen MR) is 93.3 cm³/mol. The number of halogens is 3. The Kier molecular flexibility index (Phi) is 4.71. The first kappa shape index (κ1) is 18.0. The summed E-state index contributed by atoms with van der Waals surface area (Å²) in [5, 5.41) is 17.4. The number of hydrogen-bond acceptors (Lipinski definition) is 5. The molecule has 0 radical (unpaired) electrons. The second-order valence-corrected chi connectivity index (χ2v) is 6.15. The van der Waals surface area contributed by atoms with Crippen LogP contribution in [0.4, 0.5) is 24.7 Å². The van der Waals surface area contributed by atoms with Crippen molar-refractivity contribution in [1.82, 2.24) is 19.8 Å². The highest BCUT2D eigenvalue weighted by atomic mass is 19.4. The number of rotatable bonds is 5. The number of anilines is 2. The minimum atomic E-state index is -4.62. The summed E-state index contributed by atoms with van der Waals surface area (Å²) >= 11 is 0. The van der Waals surface area contributed by atoms with Crippen LogP contribution in [0.1, 0.15) is 23.9 Å². The first-order valence-corrected chi connectivity index (χ1v) is 8.12. The van der Waals surface area contributed by atoms with Crippen LogP contribution in [-0.2, 0) is 6.18 Å². The average Bonchev–Trinajstić information content (AvgIpc) is 3.02. The van der Waals surface area contributed by atoms with E-state index in [0.717, 1.165) is 15.8 Å². The first-order chi connectivity index (χ1) is 12.3. The van der Waals surface area contributed by atoms with Crippen molar-refractivity contribution < 1.29 is 13.2 Å². The van der Waals surface area contributed by atoms with Crippen LogP contribution in [0.15, 0.2) is 30.3 Å². The lowest BCUT2D eigenvalue weighted by molar-refractivity contribution is -0.146. The van der Waals surface area contributed by atoms with E-state index in [4.69, 9.17) is 0 Å². The molecule has 0 aliphatic rings. The summed E-state index contributed by atoms with van der Waals surface area (Å²) < 4.78 is 40.0. The fraction of sp³-hybridized carbons (Fsp3) is 0.353. The highest BCUT2D eigenvalue weighted by Gasteiger charge is 2.38. The van der Waals surface area contributed by atoms with E-state index in [0.29, 0.717) is 17.9 Å². The first-order valence-electron chi connectivity index (χ1n) is 8.12. The molecule has 0 fully saturated rings. The lowest BCUT2D eigenvalue weighted by atomic mass is 10.2. The van der Waals surface area contributed by atoms with Gasteiger partial charge in [-0.05, 0) is 38.5 Å². The van der Waals surface area contributed by atoms with Crippen molar-refractivity contribution in [2.24, 2.45) is 0 Å². The number of hydrogen-bond donors (Lipinski definition) is 2. The summed E-state index contributed by atoms with van der Waals surface area (Å²) in [6, 6.07) is 9.72. The van der Waals surface area contributed by atoms with Crippen molar-refractivity contribution in [3.63, 3.8) is 0 Å². The monoisotopic (exact) mass is 364 g/mol. The lowest BCUT2D eigenvalue weighted by Gasteiger charge is -2.18. The average molecular weight is 364 g/mol. The second kappa shape index (κ2) is 6.81. The molecular formula is C17H19F3N6. The molecule has 0 saturated carbocycles. The highest BCUT2D eigenvalue weighted by molar-refractivity contribution is 5.58. The van der Waals surface area contributed by atoms with E-state index in [-0.39, 0.29) is 11.7 Å². The molecule has 0 aliphatic heterocycles. The maximum absolute atomic E-state index is 13.1. The van der Waals surface area contributed by atoms with Crippen LogP contribution >= 0.6 is 0 Å². The topological polar surface area (TPSA) is 67.1 Å². The molecule has 1 aromatic carbocycles. The van der Waals surface area contributed by atoms with E-state index in [1.807, 2.05) is 37.3 Å². The summed E-state index contributed by atoms with van der Waals surface area (Å²) in [5.74, 6) is -0.754. The molecule has 0 bridgehead atoms. The van der Waals surface area contributed by atoms with Crippen molar-refractivity contribution in [2.45, 2.75) is 33.0 Å². The number of alkyl halides is 3. The van der Waals surface area contributed by atoms with Gasteiger partial charge in [-0.3, -0.25) is 0 Å². The van der Waals surface area contributed by atoms with E-state index in [2.05, 4.69) is 25.9 Å². The highest BCUT2D eigenvalue weighted by Crippen LogP contribution is 2.29. The van der Waals surface area contributed by atoms with Gasteiger partial charge in [0.2, 0.25) is 0 Å². The predicted octanol–water partition coefficient (Wildman–Crippen LogP) is 3.67. The maximum atomic E-state index is 13.1. The van der Waals surface area contributed by atoms with E-state index < -0.39 is 12.0 Å². The Hall–Kier alpha value is -2.84. The quantitative estimate of drug-likeness (QED) is 0.723. The van der Waals surface area contributed by atoms with Crippen LogP contribution in [0.2, 0.25) is 0 Å². The third-order valence-electron chi connectivity index (χ3n) is 4.11. The molecule has 0 spiro atoms. The molecule has 9 heteroatoms. The molecule has 1 atom stereocenters. The SMILES string of the molecule is Cc1c(NCC(C)Nc2ccccc2)nn2c(C(F)(F)F)nnc2c1C. The summed E-state index contributed by atoms with van der Waals surface area (Å²) in [6.45, 7) is 5.96. The third kappa shape index (κ3) is 3.56. The molecule has 2 aromatic heterocycles. The van der Waals surface area contributed by atoms with Gasteiger partial charge in [0.25, 0.3) is 5.82 Å². The fourth-order valence-corrected chi connectivity index (χ4v) is 2.59. The van der Waals surface area contributed by atoms with Crippen LogP contribution in [-0.4, -0.2) is 32.4 Å². The van der Waals surface area contributed by atoms with Gasteiger partial charge in [-0.25, -0.2) is 0 Å². The molecule has 2 heterocycles. The molecule has 1 unspecified atom stereocenters. The number of nitrogens with one attached hydrogen (secondary N) is 2. The Morgan fingerprint density at radius 3 is 2.42 bits per heavy atom. The Balaban J connectivity index is 1.82. The van der Waals surface area contributed by atoms with Crippen LogP contribution < -0.4 is 10.6 Å². The minimum absolute atomic E-state index is 0.0394. The Morgan fingerprint density at radius 2 is 1.77 bits per heavy atom. The van der Waals surface area contributed by atoms with Gasteiger partial charge in [-0.15, -0.1) is 15.3 Å². The van der Waals surface area contributed by atoms with Crippen LogP contribution in [0, 0.1) is 13.8 Å². The third-order valence-corrected chi connectivity index (χ3v) is 4.11. The molecule has 6 nitrogen and oxygen atoms in total. The van der Waals surface area contributed by atoms with Crippen molar-refractivity contribution >= 4 is 17.2 Å². The standard InChI is InChI=1S/C17H19F3N6/c1-10(22-13-7-5-4-6-8-13)9-21-14-11(2)12(3)15-23-24-16(17(18,19)20)26(15)25-14/h4-8,10,22H,9H2,1-3H3,(H,21,25). The second-order valence-electron chi connectivity index (χ2n) is 6.15. The maximum Gasteiger partial charge on any atom is 0.453 e. The molecule has 0 saturated heterocycles. The van der Waals surface area contributed by atoms with Gasteiger partial charge in [0, 0.05) is 23.8 Å². The zero-order valence-corrected chi connectivity index (χ0v) is 14.6. The molecule has 138 valence electrons. The van der Waals surface area contributed by atoms with Crippen LogP contribution in [0.25, 0.3) is 5.65 Å². The lowest BCUT2D eigenvalue weighted by Crippen LogP contribution is -2.26. The molecule has 0 amide bonds. The molecule has 26 heavy (non-hydrogen) atoms. The van der Waals surface area contributed by atoms with Gasteiger partial charge < -0.3 is 10.6 Å². The van der Waals surface area contributed by atoms with Crippen molar-refractivity contribution in [2.75, 3.05) is 17.2 Å². The molecule has 2 N–H and O–H groups in total. The minimum Gasteiger partial charge on any atom is -0.381 e. The Labute approximate surface area is 148 Å². The summed E-state index contributed by atoms with van der Waals surface area (Å²) in [5.41, 5.74) is 2.42. The van der Waals surface area contributed by atoms with Gasteiger partial charge in [0.1, 0.15) is 5.82 Å². The van der Waals surface area contributed by atoms with E-state index in [1.54, 1.807) is 13.8 Å². The Morgan fingerprint density at radius 1 is 1.08 bits per heavy atom. The normalized spacial score (nSPS) is 13.0. The molecule has 3 aromatic rings. The summed E-state index contributed by atoms with van der Waals surface area (Å²) in [7, 11) is 0.